The van der Waals surface area contributed by atoms with Gasteiger partial charge in [-0.25, -0.2) is 0 Å². The highest BCUT2D eigenvalue weighted by Crippen LogP contribution is 2.67. The van der Waals surface area contributed by atoms with Gasteiger partial charge < -0.3 is 9.80 Å². The Hall–Kier alpha value is -5.60. The largest absolute Gasteiger partial charge is 0.310 e. The SMILES string of the molecule is CC1(C)c2cccc3c2N2c4c1cc(-c1ccccc1)cc4C(C)(C)c1cc(N(c4ccccc4)c4ccc5ccccc5c4)cc(c12)C3(C)C. The Labute approximate surface area is 301 Å². The van der Waals surface area contributed by atoms with Gasteiger partial charge in [-0.15, -0.1) is 0 Å². The summed E-state index contributed by atoms with van der Waals surface area (Å²) in [4.78, 5) is 5.13. The third-order valence-corrected chi connectivity index (χ3v) is 12.3. The maximum Gasteiger partial charge on any atom is 0.0545 e. The van der Waals surface area contributed by atoms with Crippen molar-refractivity contribution in [3.05, 3.63) is 179 Å². The molecule has 10 rings (SSSR count). The Morgan fingerprint density at radius 1 is 0.353 bits per heavy atom. The van der Waals surface area contributed by atoms with E-state index in [1.807, 2.05) is 0 Å². The van der Waals surface area contributed by atoms with Crippen LogP contribution in [0.25, 0.3) is 21.9 Å². The van der Waals surface area contributed by atoms with Gasteiger partial charge >= 0.3 is 0 Å². The Morgan fingerprint density at radius 3 is 1.45 bits per heavy atom. The second kappa shape index (κ2) is 10.2. The van der Waals surface area contributed by atoms with Gasteiger partial charge in [0.2, 0.25) is 0 Å². The highest BCUT2D eigenvalue weighted by Gasteiger charge is 2.52. The van der Waals surface area contributed by atoms with Crippen molar-refractivity contribution in [3.8, 4) is 11.1 Å². The first-order valence-corrected chi connectivity index (χ1v) is 18.3. The van der Waals surface area contributed by atoms with Gasteiger partial charge in [-0.3, -0.25) is 0 Å². The molecule has 3 aliphatic rings. The third-order valence-electron chi connectivity index (χ3n) is 12.3. The van der Waals surface area contributed by atoms with Gasteiger partial charge in [0.05, 0.1) is 17.1 Å². The van der Waals surface area contributed by atoms with Crippen LogP contribution in [-0.4, -0.2) is 0 Å². The number of hydrogen-bond donors (Lipinski definition) is 0. The first-order chi connectivity index (χ1) is 24.6. The van der Waals surface area contributed by atoms with Gasteiger partial charge in [-0.2, -0.15) is 0 Å². The Bertz CT molecular complexity index is 2560. The van der Waals surface area contributed by atoms with Crippen molar-refractivity contribution in [2.75, 3.05) is 9.80 Å². The lowest BCUT2D eigenvalue weighted by atomic mass is 9.60. The lowest BCUT2D eigenvalue weighted by molar-refractivity contribution is 0.567. The molecule has 248 valence electrons. The Morgan fingerprint density at radius 2 is 0.843 bits per heavy atom. The van der Waals surface area contributed by atoms with Crippen molar-refractivity contribution in [1.82, 2.24) is 0 Å². The van der Waals surface area contributed by atoms with Crippen LogP contribution in [-0.2, 0) is 16.2 Å². The minimum Gasteiger partial charge on any atom is -0.310 e. The molecule has 51 heavy (non-hydrogen) atoms. The quantitative estimate of drug-likeness (QED) is 0.186. The lowest BCUT2D eigenvalue weighted by Crippen LogP contribution is -2.43. The molecule has 3 heterocycles. The molecular formula is C49H42N2. The van der Waals surface area contributed by atoms with E-state index in [0.29, 0.717) is 0 Å². The molecule has 0 N–H and O–H groups in total. The van der Waals surface area contributed by atoms with E-state index >= 15 is 0 Å². The summed E-state index contributed by atoms with van der Waals surface area (Å²) in [5.41, 5.74) is 17.8. The van der Waals surface area contributed by atoms with E-state index in [2.05, 4.69) is 197 Å². The zero-order valence-corrected chi connectivity index (χ0v) is 30.3. The van der Waals surface area contributed by atoms with E-state index in [4.69, 9.17) is 0 Å². The van der Waals surface area contributed by atoms with Crippen molar-refractivity contribution < 1.29 is 0 Å². The molecule has 7 aromatic rings. The first-order valence-electron chi connectivity index (χ1n) is 18.3. The fourth-order valence-electron chi connectivity index (χ4n) is 9.47. The first kappa shape index (κ1) is 30.2. The number of para-hydroxylation sites is 2. The van der Waals surface area contributed by atoms with Crippen LogP contribution in [0, 0.1) is 0 Å². The maximum absolute atomic E-state index is 2.67. The number of benzene rings is 7. The molecule has 2 nitrogen and oxygen atoms in total. The summed E-state index contributed by atoms with van der Waals surface area (Å²) in [7, 11) is 0. The summed E-state index contributed by atoms with van der Waals surface area (Å²) in [5, 5.41) is 2.49. The molecule has 0 atom stereocenters. The molecule has 3 aliphatic heterocycles. The summed E-state index contributed by atoms with van der Waals surface area (Å²) in [5.74, 6) is 0. The molecule has 0 spiro atoms. The smallest absolute Gasteiger partial charge is 0.0545 e. The molecule has 0 saturated carbocycles. The number of rotatable bonds is 4. The molecular weight excluding hydrogens is 617 g/mol. The number of hydrogen-bond acceptors (Lipinski definition) is 2. The van der Waals surface area contributed by atoms with Crippen LogP contribution >= 0.6 is 0 Å². The second-order valence-corrected chi connectivity index (χ2v) is 16.3. The Kier molecular flexibility index (Phi) is 6.07. The lowest BCUT2D eigenvalue weighted by Gasteiger charge is -2.55. The van der Waals surface area contributed by atoms with Crippen LogP contribution in [0.15, 0.2) is 146 Å². The zero-order chi connectivity index (χ0) is 34.9. The number of anilines is 6. The van der Waals surface area contributed by atoms with Gasteiger partial charge in [0.1, 0.15) is 0 Å². The normalized spacial score (nSPS) is 16.5. The Balaban J connectivity index is 1.31. The minimum absolute atomic E-state index is 0.169. The monoisotopic (exact) mass is 658 g/mol. The van der Waals surface area contributed by atoms with Crippen LogP contribution in [0.2, 0.25) is 0 Å². The minimum atomic E-state index is -0.271. The topological polar surface area (TPSA) is 6.48 Å². The highest BCUT2D eigenvalue weighted by molar-refractivity contribution is 6.00. The van der Waals surface area contributed by atoms with Gasteiger partial charge in [-0.05, 0) is 104 Å². The average Bonchev–Trinajstić information content (AvgIpc) is 3.14. The number of fused-ring (bicyclic) bond motifs is 1. The predicted molar refractivity (Wildman–Crippen MR) is 215 cm³/mol. The van der Waals surface area contributed by atoms with E-state index in [9.17, 15) is 0 Å². The summed E-state index contributed by atoms with van der Waals surface area (Å²) in [6, 6.07) is 54.4. The van der Waals surface area contributed by atoms with Crippen molar-refractivity contribution in [1.29, 1.82) is 0 Å². The van der Waals surface area contributed by atoms with Crippen LogP contribution in [0.4, 0.5) is 34.1 Å². The van der Waals surface area contributed by atoms with Crippen LogP contribution in [0.3, 0.4) is 0 Å². The molecule has 0 fully saturated rings. The summed E-state index contributed by atoms with van der Waals surface area (Å²) >= 11 is 0. The van der Waals surface area contributed by atoms with Crippen molar-refractivity contribution in [2.45, 2.75) is 57.8 Å². The highest BCUT2D eigenvalue weighted by atomic mass is 15.2. The van der Waals surface area contributed by atoms with E-state index < -0.39 is 0 Å². The summed E-state index contributed by atoms with van der Waals surface area (Å²) in [6.07, 6.45) is 0. The molecule has 2 heteroatoms. The molecule has 0 bridgehead atoms. The molecule has 0 radical (unpaired) electrons. The standard InChI is InChI=1S/C49H42N2/c1-47(2)38-22-15-23-39-44(38)51-45-40(47)27-34(31-16-9-7-10-17-31)28-41(45)49(5,6)43-30-37(29-42(46(43)51)48(39,3)4)50(35-20-11-8-12-21-35)36-25-24-32-18-13-14-19-33(32)26-36/h7-30H,1-6H3. The third kappa shape index (κ3) is 4.05. The fourth-order valence-corrected chi connectivity index (χ4v) is 9.47. The van der Waals surface area contributed by atoms with Crippen molar-refractivity contribution in [3.63, 3.8) is 0 Å². The summed E-state index contributed by atoms with van der Waals surface area (Å²) in [6.45, 7) is 14.6. The molecule has 0 aromatic heterocycles. The molecule has 0 unspecified atom stereocenters. The molecule has 0 saturated heterocycles. The number of nitrogens with zero attached hydrogens (tertiary/aromatic N) is 2. The van der Waals surface area contributed by atoms with E-state index in [1.54, 1.807) is 0 Å². The van der Waals surface area contributed by atoms with E-state index in [-0.39, 0.29) is 16.2 Å². The molecule has 7 aromatic carbocycles. The van der Waals surface area contributed by atoms with E-state index in [1.165, 1.54) is 78.0 Å². The predicted octanol–water partition coefficient (Wildman–Crippen LogP) is 13.4. The summed E-state index contributed by atoms with van der Waals surface area (Å²) < 4.78 is 0. The van der Waals surface area contributed by atoms with E-state index in [0.717, 1.165) is 11.4 Å². The molecule has 0 amide bonds. The zero-order valence-electron chi connectivity index (χ0n) is 30.3. The second-order valence-electron chi connectivity index (χ2n) is 16.3. The van der Waals surface area contributed by atoms with Crippen molar-refractivity contribution in [2.24, 2.45) is 0 Å². The van der Waals surface area contributed by atoms with Crippen LogP contribution in [0.5, 0.6) is 0 Å². The fraction of sp³-hybridized carbons (Fsp3) is 0.184. The van der Waals surface area contributed by atoms with Gasteiger partial charge in [0.25, 0.3) is 0 Å². The van der Waals surface area contributed by atoms with Crippen LogP contribution < -0.4 is 9.80 Å². The van der Waals surface area contributed by atoms with Gasteiger partial charge in [0.15, 0.2) is 0 Å². The van der Waals surface area contributed by atoms with Gasteiger partial charge in [0, 0.05) is 33.3 Å². The average molecular weight is 659 g/mol. The maximum atomic E-state index is 2.67. The van der Waals surface area contributed by atoms with Gasteiger partial charge in [-0.1, -0.05) is 139 Å². The van der Waals surface area contributed by atoms with Crippen molar-refractivity contribution >= 4 is 44.9 Å². The van der Waals surface area contributed by atoms with Crippen LogP contribution in [0.1, 0.15) is 74.9 Å². The molecule has 0 aliphatic carbocycles.